The Labute approximate surface area is 31.0 Å². The zero-order valence-electron chi connectivity index (χ0n) is 2.89. The first-order valence-corrected chi connectivity index (χ1v) is 1.68. The molecule has 1 aliphatic rings. The van der Waals surface area contributed by atoms with Crippen LogP contribution in [0.15, 0.2) is 0 Å². The van der Waals surface area contributed by atoms with Gasteiger partial charge in [0.05, 0.1) is 6.54 Å². The van der Waals surface area contributed by atoms with Crippen LogP contribution in [0, 0.1) is 6.54 Å². The highest BCUT2D eigenvalue weighted by Gasteiger charge is 2.08. The highest BCUT2D eigenvalue weighted by atomic mass is 16.5. The van der Waals surface area contributed by atoms with Gasteiger partial charge in [-0.25, -0.2) is 0 Å². The van der Waals surface area contributed by atoms with Gasteiger partial charge in [0.25, 0.3) is 0 Å². The average molecular weight is 72.1 g/mol. The molecule has 0 atom stereocenters. The molecule has 0 aliphatic carbocycles. The summed E-state index contributed by atoms with van der Waals surface area (Å²) in [5, 5.41) is 9.41. The fraction of sp³-hybridized carbons (Fsp3) is 0.667. The molecule has 0 aromatic heterocycles. The topological polar surface area (TPSA) is 23.5 Å². The second kappa shape index (κ2) is 0.954. The van der Waals surface area contributed by atoms with E-state index in [-0.39, 0.29) is 0 Å². The van der Waals surface area contributed by atoms with E-state index in [9.17, 15) is 0 Å². The molecule has 1 rings (SSSR count). The molecule has 1 fully saturated rings. The van der Waals surface area contributed by atoms with Crippen molar-refractivity contribution >= 4 is 0 Å². The third kappa shape index (κ3) is 0.412. The molecule has 29 valence electrons. The molecule has 5 heavy (non-hydrogen) atoms. The van der Waals surface area contributed by atoms with Gasteiger partial charge < -0.3 is 5.21 Å². The van der Waals surface area contributed by atoms with Crippen molar-refractivity contribution in [1.82, 2.24) is 5.06 Å². The van der Waals surface area contributed by atoms with Gasteiger partial charge in [-0.3, -0.25) is 0 Å². The van der Waals surface area contributed by atoms with Crippen molar-refractivity contribution in [2.45, 2.75) is 6.42 Å². The Morgan fingerprint density at radius 3 is 2.20 bits per heavy atom. The third-order valence-electron chi connectivity index (χ3n) is 0.698. The maximum atomic E-state index is 8.23. The normalized spacial score (nSPS) is 25.8. The van der Waals surface area contributed by atoms with E-state index in [1.54, 1.807) is 6.54 Å². The lowest BCUT2D eigenvalue weighted by molar-refractivity contribution is -0.103. The molecule has 0 bridgehead atoms. The van der Waals surface area contributed by atoms with Crippen molar-refractivity contribution in [3.8, 4) is 0 Å². The first kappa shape index (κ1) is 3.12. The number of hydrogen-bond donors (Lipinski definition) is 1. The molecule has 0 aromatic rings. The maximum Gasteiger partial charge on any atom is 0.0542 e. The Kier molecular flexibility index (Phi) is 0.596. The second-order valence-corrected chi connectivity index (χ2v) is 1.13. The molecule has 2 heteroatoms. The summed E-state index contributed by atoms with van der Waals surface area (Å²) in [5.74, 6) is 0. The summed E-state index contributed by atoms with van der Waals surface area (Å²) >= 11 is 0. The van der Waals surface area contributed by atoms with E-state index in [0.717, 1.165) is 13.0 Å². The van der Waals surface area contributed by atoms with Crippen LogP contribution in [0.1, 0.15) is 6.42 Å². The molecule has 1 heterocycles. The van der Waals surface area contributed by atoms with Crippen LogP contribution in [0.2, 0.25) is 0 Å². The van der Waals surface area contributed by atoms with E-state index in [2.05, 4.69) is 0 Å². The average Bonchev–Trinajstić information content (AvgIpc) is 1.30. The fourth-order valence-electron chi connectivity index (χ4n) is 0.245. The molecule has 1 radical (unpaired) electrons. The largest absolute Gasteiger partial charge is 0.314 e. The van der Waals surface area contributed by atoms with Gasteiger partial charge >= 0.3 is 0 Å². The maximum absolute atomic E-state index is 8.23. The third-order valence-corrected chi connectivity index (χ3v) is 0.698. The minimum atomic E-state index is 0.819. The lowest BCUT2D eigenvalue weighted by atomic mass is 10.3. The zero-order valence-corrected chi connectivity index (χ0v) is 2.89. The fourth-order valence-corrected chi connectivity index (χ4v) is 0.245. The molecule has 1 N–H and O–H groups in total. The van der Waals surface area contributed by atoms with Gasteiger partial charge in [0, 0.05) is 6.54 Å². The summed E-state index contributed by atoms with van der Waals surface area (Å²) in [7, 11) is 0. The van der Waals surface area contributed by atoms with Crippen LogP contribution >= 0.6 is 0 Å². The summed E-state index contributed by atoms with van der Waals surface area (Å²) in [6.07, 6.45) is 1.04. The first-order valence-electron chi connectivity index (χ1n) is 1.68. The summed E-state index contributed by atoms with van der Waals surface area (Å²) in [5.41, 5.74) is 0. The van der Waals surface area contributed by atoms with Crippen molar-refractivity contribution in [1.29, 1.82) is 0 Å². The Balaban J connectivity index is 2.08. The van der Waals surface area contributed by atoms with Crippen LogP contribution in [0.25, 0.3) is 0 Å². The van der Waals surface area contributed by atoms with Gasteiger partial charge in [-0.1, -0.05) is 0 Å². The van der Waals surface area contributed by atoms with Crippen molar-refractivity contribution < 1.29 is 5.21 Å². The first-order chi connectivity index (χ1) is 2.39. The summed E-state index contributed by atoms with van der Waals surface area (Å²) < 4.78 is 0. The Morgan fingerprint density at radius 2 is 2.20 bits per heavy atom. The molecular formula is C3H6NO. The van der Waals surface area contributed by atoms with Gasteiger partial charge in [-0.15, -0.1) is 0 Å². The van der Waals surface area contributed by atoms with Crippen LogP contribution in [0.5, 0.6) is 0 Å². The monoisotopic (exact) mass is 72.0 g/mol. The number of nitrogens with zero attached hydrogens (tertiary/aromatic N) is 1. The summed E-state index contributed by atoms with van der Waals surface area (Å²) in [6.45, 7) is 2.56. The number of hydrogen-bond acceptors (Lipinski definition) is 2. The summed E-state index contributed by atoms with van der Waals surface area (Å²) in [6, 6.07) is 0. The van der Waals surface area contributed by atoms with E-state index < -0.39 is 0 Å². The van der Waals surface area contributed by atoms with E-state index in [0.29, 0.717) is 0 Å². The van der Waals surface area contributed by atoms with E-state index in [1.165, 1.54) is 5.06 Å². The van der Waals surface area contributed by atoms with Gasteiger partial charge in [0.1, 0.15) is 0 Å². The Hall–Kier alpha value is -0.0800. The minimum absolute atomic E-state index is 0.819. The van der Waals surface area contributed by atoms with Crippen molar-refractivity contribution in [3.05, 3.63) is 6.54 Å². The molecule has 1 aliphatic heterocycles. The predicted molar refractivity (Wildman–Crippen MR) is 17.4 cm³/mol. The van der Waals surface area contributed by atoms with E-state index in [4.69, 9.17) is 5.21 Å². The SMILES string of the molecule is ON1[CH]CC1. The summed E-state index contributed by atoms with van der Waals surface area (Å²) in [4.78, 5) is 0. The van der Waals surface area contributed by atoms with E-state index in [1.807, 2.05) is 0 Å². The molecule has 0 saturated carbocycles. The lowest BCUT2D eigenvalue weighted by Crippen LogP contribution is -2.27. The molecule has 1 saturated heterocycles. The van der Waals surface area contributed by atoms with Gasteiger partial charge in [0.15, 0.2) is 0 Å². The number of rotatable bonds is 0. The van der Waals surface area contributed by atoms with Crippen molar-refractivity contribution in [3.63, 3.8) is 0 Å². The molecule has 0 unspecified atom stereocenters. The highest BCUT2D eigenvalue weighted by Crippen LogP contribution is 2.04. The standard InChI is InChI=1S/C3H6NO/c5-4-2-1-3-4/h2,5H,1,3H2. The van der Waals surface area contributed by atoms with Crippen molar-refractivity contribution in [2.75, 3.05) is 6.54 Å². The van der Waals surface area contributed by atoms with Crippen molar-refractivity contribution in [2.24, 2.45) is 0 Å². The molecule has 2 nitrogen and oxygen atoms in total. The predicted octanol–water partition coefficient (Wildman–Crippen LogP) is 0.243. The quantitative estimate of drug-likeness (QED) is 0.443. The van der Waals surface area contributed by atoms with Gasteiger partial charge in [-0.05, 0) is 6.42 Å². The smallest absolute Gasteiger partial charge is 0.0542 e. The highest BCUT2D eigenvalue weighted by molar-refractivity contribution is 4.71. The van der Waals surface area contributed by atoms with Crippen LogP contribution in [-0.2, 0) is 0 Å². The van der Waals surface area contributed by atoms with Crippen LogP contribution in [-0.4, -0.2) is 16.8 Å². The Morgan fingerprint density at radius 1 is 1.80 bits per heavy atom. The molecule has 0 spiro atoms. The van der Waals surface area contributed by atoms with E-state index >= 15 is 0 Å². The van der Waals surface area contributed by atoms with Gasteiger partial charge in [0.2, 0.25) is 0 Å². The van der Waals surface area contributed by atoms with Crippen LogP contribution in [0.4, 0.5) is 0 Å². The molecular weight excluding hydrogens is 66.0 g/mol. The van der Waals surface area contributed by atoms with Crippen LogP contribution < -0.4 is 0 Å². The zero-order chi connectivity index (χ0) is 3.70. The Bertz CT molecular complexity index is 33.9. The van der Waals surface area contributed by atoms with Gasteiger partial charge in [-0.2, -0.15) is 5.06 Å². The second-order valence-electron chi connectivity index (χ2n) is 1.13. The lowest BCUT2D eigenvalue weighted by Gasteiger charge is -2.21. The molecule has 0 amide bonds. The molecule has 0 aromatic carbocycles. The van der Waals surface area contributed by atoms with Crippen LogP contribution in [0.3, 0.4) is 0 Å². The minimum Gasteiger partial charge on any atom is -0.314 e. The number of hydroxylamine groups is 2.